The number of nitrogens with one attached hydrogen (secondary N) is 2. The second-order valence-electron chi connectivity index (χ2n) is 10.4. The van der Waals surface area contributed by atoms with E-state index in [1.54, 1.807) is 0 Å². The second-order valence-corrected chi connectivity index (χ2v) is 10.4. The van der Waals surface area contributed by atoms with Crippen LogP contribution in [0.1, 0.15) is 69.9 Å². The smallest absolute Gasteiger partial charge is 0.239 e. The van der Waals surface area contributed by atoms with Gasteiger partial charge in [0.25, 0.3) is 0 Å². The molecule has 4 saturated carbocycles. The van der Waals surface area contributed by atoms with Crippen molar-refractivity contribution in [2.75, 3.05) is 19.6 Å². The van der Waals surface area contributed by atoms with Gasteiger partial charge < -0.3 is 10.6 Å². The van der Waals surface area contributed by atoms with Gasteiger partial charge in [-0.15, -0.1) is 0 Å². The quantitative estimate of drug-likeness (QED) is 0.598. The van der Waals surface area contributed by atoms with Crippen molar-refractivity contribution >= 4 is 11.8 Å². The Morgan fingerprint density at radius 1 is 0.903 bits per heavy atom. The van der Waals surface area contributed by atoms with Crippen LogP contribution in [-0.2, 0) is 22.7 Å². The molecule has 0 saturated heterocycles. The Labute approximate surface area is 187 Å². The fourth-order valence-electron chi connectivity index (χ4n) is 6.92. The zero-order valence-electron chi connectivity index (χ0n) is 19.3. The second kappa shape index (κ2) is 9.72. The van der Waals surface area contributed by atoms with E-state index in [0.29, 0.717) is 13.0 Å². The minimum atomic E-state index is -0.114. The van der Waals surface area contributed by atoms with E-state index in [1.165, 1.54) is 44.1 Å². The topological polar surface area (TPSA) is 61.4 Å². The first-order valence-electron chi connectivity index (χ1n) is 12.3. The molecule has 4 bridgehead atoms. The number of carbonyl (C=O) groups excluding carboxylic acids is 2. The van der Waals surface area contributed by atoms with Crippen LogP contribution in [-0.4, -0.2) is 36.3 Å². The van der Waals surface area contributed by atoms with E-state index in [2.05, 4.69) is 47.6 Å². The predicted molar refractivity (Wildman–Crippen MR) is 123 cm³/mol. The van der Waals surface area contributed by atoms with Gasteiger partial charge in [-0.1, -0.05) is 38.1 Å². The van der Waals surface area contributed by atoms with Crippen LogP contribution in [0.15, 0.2) is 24.3 Å². The largest absolute Gasteiger partial charge is 0.350 e. The van der Waals surface area contributed by atoms with Crippen LogP contribution in [0.2, 0.25) is 0 Å². The lowest BCUT2D eigenvalue weighted by atomic mass is 9.49. The maximum atomic E-state index is 12.7. The maximum Gasteiger partial charge on any atom is 0.239 e. The highest BCUT2D eigenvalue weighted by atomic mass is 16.2. The molecular weight excluding hydrogens is 386 g/mol. The van der Waals surface area contributed by atoms with Gasteiger partial charge in [-0.05, 0) is 85.9 Å². The molecule has 5 rings (SSSR count). The summed E-state index contributed by atoms with van der Waals surface area (Å²) in [6.07, 6.45) is 8.44. The van der Waals surface area contributed by atoms with E-state index in [0.717, 1.165) is 43.0 Å². The number of benzene rings is 1. The van der Waals surface area contributed by atoms with Gasteiger partial charge in [0.15, 0.2) is 0 Å². The van der Waals surface area contributed by atoms with Gasteiger partial charge in [0.2, 0.25) is 11.8 Å². The van der Waals surface area contributed by atoms with Gasteiger partial charge in [0.1, 0.15) is 0 Å². The monoisotopic (exact) mass is 425 g/mol. The molecule has 2 N–H and O–H groups in total. The molecule has 4 aliphatic rings. The minimum Gasteiger partial charge on any atom is -0.350 e. The lowest BCUT2D eigenvalue weighted by molar-refractivity contribution is -0.131. The van der Waals surface area contributed by atoms with Crippen molar-refractivity contribution in [3.05, 3.63) is 35.4 Å². The van der Waals surface area contributed by atoms with Crippen LogP contribution in [0.3, 0.4) is 0 Å². The van der Waals surface area contributed by atoms with E-state index in [1.807, 2.05) is 6.07 Å². The van der Waals surface area contributed by atoms with E-state index in [9.17, 15) is 9.59 Å². The van der Waals surface area contributed by atoms with Crippen LogP contribution >= 0.6 is 0 Å². The lowest BCUT2D eigenvalue weighted by Gasteiger charge is -2.56. The SMILES string of the molecule is CCN(CC)Cc1ccccc1CNC(=O)CNC(=O)CC12CC3CC(CC(C3)C1)C2. The fraction of sp³-hybridized carbons (Fsp3) is 0.692. The molecule has 4 fully saturated rings. The van der Waals surface area contributed by atoms with Crippen LogP contribution in [0.25, 0.3) is 0 Å². The first-order valence-corrected chi connectivity index (χ1v) is 12.3. The summed E-state index contributed by atoms with van der Waals surface area (Å²) in [6.45, 7) is 7.81. The van der Waals surface area contributed by atoms with Crippen LogP contribution in [0, 0.1) is 23.2 Å². The van der Waals surface area contributed by atoms with Crippen molar-refractivity contribution in [1.29, 1.82) is 0 Å². The Bertz CT molecular complexity index is 751. The summed E-state index contributed by atoms with van der Waals surface area (Å²) in [5.74, 6) is 2.48. The van der Waals surface area contributed by atoms with Crippen molar-refractivity contribution in [2.45, 2.75) is 71.9 Å². The molecule has 0 spiro atoms. The molecule has 31 heavy (non-hydrogen) atoms. The number of nitrogens with zero attached hydrogens (tertiary/aromatic N) is 1. The molecule has 1 aromatic carbocycles. The number of amides is 2. The highest BCUT2D eigenvalue weighted by Crippen LogP contribution is 2.61. The normalized spacial score (nSPS) is 28.7. The van der Waals surface area contributed by atoms with Crippen molar-refractivity contribution in [2.24, 2.45) is 23.2 Å². The fourth-order valence-corrected chi connectivity index (χ4v) is 6.92. The molecule has 2 amide bonds. The summed E-state index contributed by atoms with van der Waals surface area (Å²) in [6, 6.07) is 8.27. The molecule has 0 aliphatic heterocycles. The molecule has 0 atom stereocenters. The van der Waals surface area contributed by atoms with Gasteiger partial charge >= 0.3 is 0 Å². The summed E-state index contributed by atoms with van der Waals surface area (Å²) in [7, 11) is 0. The van der Waals surface area contributed by atoms with E-state index >= 15 is 0 Å². The van der Waals surface area contributed by atoms with E-state index < -0.39 is 0 Å². The Balaban J connectivity index is 1.23. The molecule has 0 unspecified atom stereocenters. The Morgan fingerprint density at radius 3 is 2.06 bits per heavy atom. The summed E-state index contributed by atoms with van der Waals surface area (Å²) in [5.41, 5.74) is 2.61. The highest BCUT2D eigenvalue weighted by Gasteiger charge is 2.51. The average molecular weight is 426 g/mol. The van der Waals surface area contributed by atoms with Crippen molar-refractivity contribution in [3.8, 4) is 0 Å². The number of carbonyl (C=O) groups is 2. The number of hydrogen-bond donors (Lipinski definition) is 2. The summed E-state index contributed by atoms with van der Waals surface area (Å²) in [5, 5.41) is 5.89. The molecule has 1 aromatic rings. The van der Waals surface area contributed by atoms with Crippen molar-refractivity contribution in [3.63, 3.8) is 0 Å². The van der Waals surface area contributed by atoms with Crippen LogP contribution in [0.5, 0.6) is 0 Å². The van der Waals surface area contributed by atoms with Gasteiger partial charge in [-0.3, -0.25) is 14.5 Å². The molecule has 0 aromatic heterocycles. The lowest BCUT2D eigenvalue weighted by Crippen LogP contribution is -2.48. The molecular formula is C26H39N3O2. The molecule has 0 heterocycles. The third kappa shape index (κ3) is 5.49. The van der Waals surface area contributed by atoms with Crippen molar-refractivity contribution in [1.82, 2.24) is 15.5 Å². The standard InChI is InChI=1S/C26H39N3O2/c1-3-29(4-2)18-23-8-6-5-7-22(23)16-27-25(31)17-28-24(30)15-26-12-19-9-20(13-26)11-21(10-19)14-26/h5-8,19-21H,3-4,9-18H2,1-2H3,(H,27,31)(H,28,30). The third-order valence-corrected chi connectivity index (χ3v) is 8.03. The molecule has 5 heteroatoms. The minimum absolute atomic E-state index is 0.0547. The Kier molecular flexibility index (Phi) is 7.00. The molecule has 0 radical (unpaired) electrons. The zero-order valence-corrected chi connectivity index (χ0v) is 19.3. The third-order valence-electron chi connectivity index (χ3n) is 8.03. The summed E-state index contributed by atoms with van der Waals surface area (Å²) in [4.78, 5) is 27.4. The van der Waals surface area contributed by atoms with Crippen LogP contribution < -0.4 is 10.6 Å². The van der Waals surface area contributed by atoms with Gasteiger partial charge in [-0.25, -0.2) is 0 Å². The molecule has 5 nitrogen and oxygen atoms in total. The van der Waals surface area contributed by atoms with Gasteiger partial charge in [-0.2, -0.15) is 0 Å². The maximum absolute atomic E-state index is 12.7. The average Bonchev–Trinajstić information content (AvgIpc) is 2.74. The van der Waals surface area contributed by atoms with E-state index in [4.69, 9.17) is 0 Å². The highest BCUT2D eigenvalue weighted by molar-refractivity contribution is 5.85. The number of rotatable bonds is 10. The molecule has 4 aliphatic carbocycles. The van der Waals surface area contributed by atoms with Gasteiger partial charge in [0.05, 0.1) is 6.54 Å². The predicted octanol–water partition coefficient (Wildman–Crippen LogP) is 3.87. The van der Waals surface area contributed by atoms with Crippen LogP contribution in [0.4, 0.5) is 0 Å². The first kappa shape index (κ1) is 22.3. The van der Waals surface area contributed by atoms with Gasteiger partial charge in [0, 0.05) is 19.5 Å². The summed E-state index contributed by atoms with van der Waals surface area (Å²) >= 11 is 0. The van der Waals surface area contributed by atoms with E-state index in [-0.39, 0.29) is 23.8 Å². The number of hydrogen-bond acceptors (Lipinski definition) is 3. The molecule has 170 valence electrons. The first-order chi connectivity index (χ1) is 15.0. The zero-order chi connectivity index (χ0) is 21.8. The summed E-state index contributed by atoms with van der Waals surface area (Å²) < 4.78 is 0. The Hall–Kier alpha value is -1.88. The van der Waals surface area contributed by atoms with Crippen molar-refractivity contribution < 1.29 is 9.59 Å². The Morgan fingerprint density at radius 2 is 1.48 bits per heavy atom.